The van der Waals surface area contributed by atoms with Crippen molar-refractivity contribution in [1.29, 1.82) is 0 Å². The van der Waals surface area contributed by atoms with Crippen LogP contribution in [0.4, 0.5) is 4.79 Å². The first-order chi connectivity index (χ1) is 8.31. The standard InChI is InChI=1S/C12H14N4O/c1-2-10-4-3-5-14-11(10)8-15-12(17)16-7-6-13-9-16/h3-7,9H,2,8H2,1H3,(H,15,17). The van der Waals surface area contributed by atoms with E-state index in [-0.39, 0.29) is 6.03 Å². The summed E-state index contributed by atoms with van der Waals surface area (Å²) in [5.74, 6) is 0. The molecule has 2 rings (SSSR count). The molecule has 0 bridgehead atoms. The van der Waals surface area contributed by atoms with Crippen molar-refractivity contribution in [2.75, 3.05) is 0 Å². The fourth-order valence-electron chi connectivity index (χ4n) is 1.58. The van der Waals surface area contributed by atoms with Crippen LogP contribution in [-0.4, -0.2) is 20.6 Å². The summed E-state index contributed by atoms with van der Waals surface area (Å²) in [6.45, 7) is 2.50. The highest BCUT2D eigenvalue weighted by molar-refractivity contribution is 5.76. The van der Waals surface area contributed by atoms with E-state index in [4.69, 9.17) is 0 Å². The van der Waals surface area contributed by atoms with E-state index in [9.17, 15) is 4.79 Å². The third-order valence-corrected chi connectivity index (χ3v) is 2.51. The first-order valence-corrected chi connectivity index (χ1v) is 5.50. The molecule has 0 aromatic carbocycles. The number of amides is 1. The van der Waals surface area contributed by atoms with Gasteiger partial charge in [0.15, 0.2) is 0 Å². The van der Waals surface area contributed by atoms with E-state index in [0.717, 1.165) is 17.7 Å². The van der Waals surface area contributed by atoms with E-state index in [1.54, 1.807) is 18.6 Å². The maximum Gasteiger partial charge on any atom is 0.327 e. The molecule has 0 saturated carbocycles. The third-order valence-electron chi connectivity index (χ3n) is 2.51. The molecule has 0 fully saturated rings. The average Bonchev–Trinajstić information content (AvgIpc) is 2.90. The van der Waals surface area contributed by atoms with Crippen LogP contribution < -0.4 is 5.32 Å². The number of pyridine rings is 1. The van der Waals surface area contributed by atoms with Gasteiger partial charge in [-0.1, -0.05) is 13.0 Å². The van der Waals surface area contributed by atoms with Gasteiger partial charge < -0.3 is 5.32 Å². The average molecular weight is 230 g/mol. The zero-order valence-electron chi connectivity index (χ0n) is 9.63. The summed E-state index contributed by atoms with van der Waals surface area (Å²) in [6.07, 6.45) is 7.28. The normalized spacial score (nSPS) is 10.2. The number of nitrogens with zero attached hydrogens (tertiary/aromatic N) is 3. The van der Waals surface area contributed by atoms with Gasteiger partial charge in [0.05, 0.1) is 12.2 Å². The zero-order chi connectivity index (χ0) is 12.1. The third kappa shape index (κ3) is 2.69. The van der Waals surface area contributed by atoms with Crippen molar-refractivity contribution in [1.82, 2.24) is 19.9 Å². The molecule has 0 aliphatic heterocycles. The number of aromatic nitrogens is 3. The number of hydrogen-bond donors (Lipinski definition) is 1. The highest BCUT2D eigenvalue weighted by Crippen LogP contribution is 2.05. The second-order valence-corrected chi connectivity index (χ2v) is 3.59. The molecule has 0 aliphatic rings. The summed E-state index contributed by atoms with van der Waals surface area (Å²) in [7, 11) is 0. The van der Waals surface area contributed by atoms with E-state index >= 15 is 0 Å². The summed E-state index contributed by atoms with van der Waals surface area (Å²) in [5, 5.41) is 2.80. The van der Waals surface area contributed by atoms with Crippen LogP contribution >= 0.6 is 0 Å². The van der Waals surface area contributed by atoms with Crippen LogP contribution in [0.25, 0.3) is 0 Å². The quantitative estimate of drug-likeness (QED) is 0.871. The van der Waals surface area contributed by atoms with Gasteiger partial charge in [0, 0.05) is 18.6 Å². The van der Waals surface area contributed by atoms with Gasteiger partial charge in [-0.2, -0.15) is 0 Å². The maximum absolute atomic E-state index is 11.7. The van der Waals surface area contributed by atoms with E-state index in [1.807, 2.05) is 12.1 Å². The van der Waals surface area contributed by atoms with Gasteiger partial charge in [-0.15, -0.1) is 0 Å². The molecule has 88 valence electrons. The van der Waals surface area contributed by atoms with Crippen molar-refractivity contribution >= 4 is 6.03 Å². The molecule has 2 heterocycles. The number of aryl methyl sites for hydroxylation is 1. The number of carbonyl (C=O) groups excluding carboxylic acids is 1. The van der Waals surface area contributed by atoms with E-state index < -0.39 is 0 Å². The second-order valence-electron chi connectivity index (χ2n) is 3.59. The minimum atomic E-state index is -0.199. The lowest BCUT2D eigenvalue weighted by Crippen LogP contribution is -2.27. The van der Waals surface area contributed by atoms with Crippen molar-refractivity contribution in [2.45, 2.75) is 19.9 Å². The van der Waals surface area contributed by atoms with E-state index in [2.05, 4.69) is 22.2 Å². The smallest absolute Gasteiger partial charge is 0.327 e. The molecule has 17 heavy (non-hydrogen) atoms. The van der Waals surface area contributed by atoms with Crippen molar-refractivity contribution in [3.63, 3.8) is 0 Å². The molecule has 2 aromatic heterocycles. The van der Waals surface area contributed by atoms with Crippen molar-refractivity contribution in [3.8, 4) is 0 Å². The molecular weight excluding hydrogens is 216 g/mol. The molecule has 5 nitrogen and oxygen atoms in total. The lowest BCUT2D eigenvalue weighted by Gasteiger charge is -2.08. The van der Waals surface area contributed by atoms with Gasteiger partial charge in [0.2, 0.25) is 0 Å². The summed E-state index contributed by atoms with van der Waals surface area (Å²) in [6, 6.07) is 3.72. The predicted molar refractivity (Wildman–Crippen MR) is 63.5 cm³/mol. The van der Waals surface area contributed by atoms with Crippen LogP contribution in [-0.2, 0) is 13.0 Å². The van der Waals surface area contributed by atoms with Crippen molar-refractivity contribution in [3.05, 3.63) is 48.3 Å². The maximum atomic E-state index is 11.7. The largest absolute Gasteiger partial charge is 0.332 e. The molecule has 0 unspecified atom stereocenters. The topological polar surface area (TPSA) is 59.8 Å². The van der Waals surface area contributed by atoms with Crippen molar-refractivity contribution in [2.24, 2.45) is 0 Å². The SMILES string of the molecule is CCc1cccnc1CNC(=O)n1ccnc1. The molecule has 5 heteroatoms. The van der Waals surface area contributed by atoms with Crippen molar-refractivity contribution < 1.29 is 4.79 Å². The fraction of sp³-hybridized carbons (Fsp3) is 0.250. The monoisotopic (exact) mass is 230 g/mol. The minimum Gasteiger partial charge on any atom is -0.332 e. The summed E-state index contributed by atoms with van der Waals surface area (Å²) in [4.78, 5) is 19.7. The number of rotatable bonds is 3. The Hall–Kier alpha value is -2.17. The first-order valence-electron chi connectivity index (χ1n) is 5.50. The number of nitrogens with one attached hydrogen (secondary N) is 1. The van der Waals surface area contributed by atoms with Gasteiger partial charge in [-0.3, -0.25) is 9.55 Å². The van der Waals surface area contributed by atoms with Crippen LogP contribution in [0.3, 0.4) is 0 Å². The highest BCUT2D eigenvalue weighted by atomic mass is 16.2. The molecular formula is C12H14N4O. The Balaban J connectivity index is 2.00. The van der Waals surface area contributed by atoms with E-state index in [1.165, 1.54) is 10.9 Å². The Morgan fingerprint density at radius 3 is 3.06 bits per heavy atom. The summed E-state index contributed by atoms with van der Waals surface area (Å²) in [5.41, 5.74) is 2.06. The summed E-state index contributed by atoms with van der Waals surface area (Å²) < 4.78 is 1.40. The second kappa shape index (κ2) is 5.25. The van der Waals surface area contributed by atoms with Crippen LogP contribution in [0.1, 0.15) is 18.2 Å². The van der Waals surface area contributed by atoms with Gasteiger partial charge in [0.1, 0.15) is 6.33 Å². The van der Waals surface area contributed by atoms with Crippen LogP contribution in [0.15, 0.2) is 37.1 Å². The number of hydrogen-bond acceptors (Lipinski definition) is 3. The Bertz CT molecular complexity index is 493. The Morgan fingerprint density at radius 2 is 2.35 bits per heavy atom. The first kappa shape index (κ1) is 11.3. The lowest BCUT2D eigenvalue weighted by atomic mass is 10.1. The fourth-order valence-corrected chi connectivity index (χ4v) is 1.58. The molecule has 0 spiro atoms. The Morgan fingerprint density at radius 1 is 1.47 bits per heavy atom. The lowest BCUT2D eigenvalue weighted by molar-refractivity contribution is 0.242. The molecule has 1 N–H and O–H groups in total. The van der Waals surface area contributed by atoms with Crippen LogP contribution in [0.2, 0.25) is 0 Å². The molecule has 0 radical (unpaired) electrons. The van der Waals surface area contributed by atoms with Gasteiger partial charge >= 0.3 is 6.03 Å². The van der Waals surface area contributed by atoms with Crippen LogP contribution in [0.5, 0.6) is 0 Å². The number of imidazole rings is 1. The van der Waals surface area contributed by atoms with Gasteiger partial charge in [-0.25, -0.2) is 9.78 Å². The minimum absolute atomic E-state index is 0.199. The van der Waals surface area contributed by atoms with E-state index in [0.29, 0.717) is 6.54 Å². The van der Waals surface area contributed by atoms with Crippen LogP contribution in [0, 0.1) is 0 Å². The Labute approximate surface area is 99.5 Å². The summed E-state index contributed by atoms with van der Waals surface area (Å²) >= 11 is 0. The van der Waals surface area contributed by atoms with Gasteiger partial charge in [-0.05, 0) is 18.1 Å². The predicted octanol–water partition coefficient (Wildman–Crippen LogP) is 1.60. The van der Waals surface area contributed by atoms with Gasteiger partial charge in [0.25, 0.3) is 0 Å². The highest BCUT2D eigenvalue weighted by Gasteiger charge is 2.05. The Kier molecular flexibility index (Phi) is 3.49. The number of carbonyl (C=O) groups is 1. The molecule has 0 atom stereocenters. The zero-order valence-corrected chi connectivity index (χ0v) is 9.63. The molecule has 1 amide bonds. The molecule has 0 saturated heterocycles. The molecule has 2 aromatic rings. The molecule has 0 aliphatic carbocycles.